The van der Waals surface area contributed by atoms with Crippen LogP contribution in [-0.2, 0) is 14.3 Å². The maximum atomic E-state index is 12.8. The van der Waals surface area contributed by atoms with Crippen molar-refractivity contribution >= 4 is 40.1 Å². The molecule has 0 aliphatic carbocycles. The van der Waals surface area contributed by atoms with Crippen molar-refractivity contribution in [1.29, 1.82) is 0 Å². The van der Waals surface area contributed by atoms with Crippen LogP contribution in [0, 0.1) is 15.4 Å². The van der Waals surface area contributed by atoms with Gasteiger partial charge in [0.05, 0.1) is 30.2 Å². The maximum Gasteiger partial charge on any atom is 0.241 e. The summed E-state index contributed by atoms with van der Waals surface area (Å²) in [4.78, 5) is 26.7. The van der Waals surface area contributed by atoms with Gasteiger partial charge in [0.15, 0.2) is 0 Å². The number of hydrogen-bond donors (Lipinski definition) is 1. The van der Waals surface area contributed by atoms with E-state index in [0.29, 0.717) is 5.69 Å². The first kappa shape index (κ1) is 13.4. The van der Waals surface area contributed by atoms with Crippen LogP contribution in [0.25, 0.3) is 0 Å². The standard InChI is InChI=1S/C15H12INO4/c16-8-3-1-2-4-9(8)17-13(19)11-10-5-6-15(7-18,21-10)12(11)14(17)20/h1-6,10-12,18H,7H2. The van der Waals surface area contributed by atoms with E-state index in [9.17, 15) is 14.7 Å². The summed E-state index contributed by atoms with van der Waals surface area (Å²) in [5, 5.41) is 9.65. The Kier molecular flexibility index (Phi) is 2.79. The lowest BCUT2D eigenvalue weighted by Gasteiger charge is -2.26. The summed E-state index contributed by atoms with van der Waals surface area (Å²) in [6.07, 6.45) is 3.09. The SMILES string of the molecule is O=C1C2C3C=CC(CO)(O3)C2C(=O)N1c1ccccc1I. The molecule has 0 radical (unpaired) electrons. The number of halogens is 1. The Balaban J connectivity index is 1.81. The summed E-state index contributed by atoms with van der Waals surface area (Å²) in [5.41, 5.74) is -0.424. The predicted molar refractivity (Wildman–Crippen MR) is 82.5 cm³/mol. The maximum absolute atomic E-state index is 12.8. The third-order valence-electron chi connectivity index (χ3n) is 4.50. The first-order valence-electron chi connectivity index (χ1n) is 6.69. The van der Waals surface area contributed by atoms with E-state index in [1.165, 1.54) is 4.90 Å². The van der Waals surface area contributed by atoms with Crippen molar-refractivity contribution in [1.82, 2.24) is 0 Å². The predicted octanol–water partition coefficient (Wildman–Crippen LogP) is 1.10. The molecule has 0 spiro atoms. The van der Waals surface area contributed by atoms with E-state index in [1.807, 2.05) is 12.1 Å². The van der Waals surface area contributed by atoms with Crippen LogP contribution in [0.1, 0.15) is 0 Å². The highest BCUT2D eigenvalue weighted by molar-refractivity contribution is 14.1. The van der Waals surface area contributed by atoms with Gasteiger partial charge in [0.25, 0.3) is 0 Å². The molecule has 2 amide bonds. The average Bonchev–Trinajstić information content (AvgIpc) is 3.12. The first-order chi connectivity index (χ1) is 10.1. The van der Waals surface area contributed by atoms with Gasteiger partial charge in [0, 0.05) is 3.57 Å². The third-order valence-corrected chi connectivity index (χ3v) is 5.41. The van der Waals surface area contributed by atoms with E-state index < -0.39 is 23.5 Å². The number of carbonyl (C=O) groups is 2. The molecule has 1 aromatic carbocycles. The minimum Gasteiger partial charge on any atom is -0.393 e. The second-order valence-electron chi connectivity index (χ2n) is 5.52. The Morgan fingerprint density at radius 1 is 1.29 bits per heavy atom. The zero-order chi connectivity index (χ0) is 14.8. The number of aliphatic hydroxyl groups is 1. The highest BCUT2D eigenvalue weighted by Crippen LogP contribution is 2.52. The number of amides is 2. The van der Waals surface area contributed by atoms with Crippen molar-refractivity contribution < 1.29 is 19.4 Å². The molecule has 1 N–H and O–H groups in total. The number of fused-ring (bicyclic) bond motifs is 5. The molecule has 0 aromatic heterocycles. The molecular formula is C15H12INO4. The van der Waals surface area contributed by atoms with Crippen molar-refractivity contribution in [3.8, 4) is 0 Å². The number of hydrogen-bond acceptors (Lipinski definition) is 4. The van der Waals surface area contributed by atoms with Gasteiger partial charge in [-0.15, -0.1) is 0 Å². The van der Waals surface area contributed by atoms with Crippen LogP contribution in [0.5, 0.6) is 0 Å². The van der Waals surface area contributed by atoms with Gasteiger partial charge in [0.2, 0.25) is 11.8 Å². The van der Waals surface area contributed by atoms with Gasteiger partial charge < -0.3 is 9.84 Å². The average molecular weight is 397 g/mol. The fourth-order valence-corrected chi connectivity index (χ4v) is 4.18. The monoisotopic (exact) mass is 397 g/mol. The van der Waals surface area contributed by atoms with Crippen LogP contribution >= 0.6 is 22.6 Å². The van der Waals surface area contributed by atoms with Crippen LogP contribution in [0.4, 0.5) is 5.69 Å². The highest BCUT2D eigenvalue weighted by atomic mass is 127. The lowest BCUT2D eigenvalue weighted by atomic mass is 9.77. The Hall–Kier alpha value is -1.25. The number of para-hydroxylation sites is 1. The molecule has 108 valence electrons. The van der Waals surface area contributed by atoms with E-state index in [-0.39, 0.29) is 18.4 Å². The zero-order valence-corrected chi connectivity index (χ0v) is 13.1. The molecule has 21 heavy (non-hydrogen) atoms. The van der Waals surface area contributed by atoms with Crippen molar-refractivity contribution in [3.05, 3.63) is 40.0 Å². The van der Waals surface area contributed by atoms with E-state index in [2.05, 4.69) is 22.6 Å². The van der Waals surface area contributed by atoms with Gasteiger partial charge in [-0.2, -0.15) is 0 Å². The molecule has 3 aliphatic rings. The minimum absolute atomic E-state index is 0.237. The van der Waals surface area contributed by atoms with Crippen LogP contribution in [0.3, 0.4) is 0 Å². The molecule has 1 aromatic rings. The topological polar surface area (TPSA) is 66.8 Å². The molecule has 2 fully saturated rings. The van der Waals surface area contributed by atoms with Gasteiger partial charge in [-0.1, -0.05) is 24.3 Å². The molecule has 2 bridgehead atoms. The zero-order valence-electron chi connectivity index (χ0n) is 10.9. The molecule has 5 nitrogen and oxygen atoms in total. The molecule has 4 unspecified atom stereocenters. The van der Waals surface area contributed by atoms with Gasteiger partial charge in [0.1, 0.15) is 5.60 Å². The van der Waals surface area contributed by atoms with Crippen molar-refractivity contribution in [2.24, 2.45) is 11.8 Å². The van der Waals surface area contributed by atoms with Crippen molar-refractivity contribution in [3.63, 3.8) is 0 Å². The minimum atomic E-state index is -1.03. The normalized spacial score (nSPS) is 36.7. The number of ether oxygens (including phenoxy) is 1. The Morgan fingerprint density at radius 3 is 2.76 bits per heavy atom. The van der Waals surface area contributed by atoms with Gasteiger partial charge >= 0.3 is 0 Å². The van der Waals surface area contributed by atoms with Gasteiger partial charge in [-0.25, -0.2) is 4.90 Å². The van der Waals surface area contributed by atoms with Gasteiger partial charge in [-0.3, -0.25) is 9.59 Å². The van der Waals surface area contributed by atoms with Crippen LogP contribution in [-0.4, -0.2) is 35.2 Å². The number of carbonyl (C=O) groups excluding carboxylic acids is 2. The summed E-state index contributed by atoms with van der Waals surface area (Å²) >= 11 is 2.11. The first-order valence-corrected chi connectivity index (χ1v) is 7.77. The summed E-state index contributed by atoms with van der Waals surface area (Å²) in [5.74, 6) is -1.67. The van der Waals surface area contributed by atoms with Crippen molar-refractivity contribution in [2.45, 2.75) is 11.7 Å². The van der Waals surface area contributed by atoms with Crippen LogP contribution in [0.2, 0.25) is 0 Å². The number of imide groups is 1. The number of rotatable bonds is 2. The summed E-state index contributed by atoms with van der Waals surface area (Å²) in [6, 6.07) is 7.29. The quantitative estimate of drug-likeness (QED) is 0.461. The molecule has 4 rings (SSSR count). The second kappa shape index (κ2) is 4.37. The largest absolute Gasteiger partial charge is 0.393 e. The van der Waals surface area contributed by atoms with Crippen LogP contribution < -0.4 is 4.90 Å². The number of aliphatic hydroxyl groups excluding tert-OH is 1. The van der Waals surface area contributed by atoms with E-state index in [0.717, 1.165) is 3.57 Å². The van der Waals surface area contributed by atoms with E-state index in [1.54, 1.807) is 24.3 Å². The summed E-state index contributed by atoms with van der Waals surface area (Å²) < 4.78 is 6.54. The van der Waals surface area contributed by atoms with Gasteiger partial charge in [-0.05, 0) is 34.7 Å². The lowest BCUT2D eigenvalue weighted by molar-refractivity contribution is -0.128. The van der Waals surface area contributed by atoms with E-state index >= 15 is 0 Å². The molecular weight excluding hydrogens is 385 g/mol. The molecule has 4 atom stereocenters. The molecule has 3 heterocycles. The Morgan fingerprint density at radius 2 is 2.05 bits per heavy atom. The molecule has 3 aliphatic heterocycles. The molecule has 2 saturated heterocycles. The number of benzene rings is 1. The highest BCUT2D eigenvalue weighted by Gasteiger charge is 2.67. The Labute approximate surface area is 134 Å². The number of nitrogens with zero attached hydrogens (tertiary/aromatic N) is 1. The summed E-state index contributed by atoms with van der Waals surface area (Å²) in [7, 11) is 0. The summed E-state index contributed by atoms with van der Waals surface area (Å²) in [6.45, 7) is -0.292. The second-order valence-corrected chi connectivity index (χ2v) is 6.68. The lowest BCUT2D eigenvalue weighted by Crippen LogP contribution is -2.43. The molecule has 0 saturated carbocycles. The smallest absolute Gasteiger partial charge is 0.241 e. The fraction of sp³-hybridized carbons (Fsp3) is 0.333. The third kappa shape index (κ3) is 1.58. The fourth-order valence-electron chi connectivity index (χ4n) is 3.55. The van der Waals surface area contributed by atoms with Crippen LogP contribution in [0.15, 0.2) is 36.4 Å². The Bertz CT molecular complexity index is 688. The number of anilines is 1. The molecule has 6 heteroatoms. The van der Waals surface area contributed by atoms with Crippen molar-refractivity contribution in [2.75, 3.05) is 11.5 Å². The van der Waals surface area contributed by atoms with E-state index in [4.69, 9.17) is 4.74 Å².